The maximum Gasteiger partial charge on any atom is 0.284 e. The van der Waals surface area contributed by atoms with E-state index in [0.29, 0.717) is 12.8 Å². The van der Waals surface area contributed by atoms with Crippen molar-refractivity contribution in [3.8, 4) is 0 Å². The monoisotopic (exact) mass is 256 g/mol. The zero-order valence-corrected chi connectivity index (χ0v) is 9.59. The van der Waals surface area contributed by atoms with Crippen LogP contribution in [0.3, 0.4) is 0 Å². The fourth-order valence-corrected chi connectivity index (χ4v) is 4.94. The predicted molar refractivity (Wildman–Crippen MR) is 50.9 cm³/mol. The largest absolute Gasteiger partial charge is 0.284 e. The van der Waals surface area contributed by atoms with Crippen LogP contribution >= 0.6 is 0 Å². The first-order valence-corrected chi connectivity index (χ1v) is 7.85. The molecule has 0 spiro atoms. The average Bonchev–Trinajstić information content (AvgIpc) is 2.13. The maximum absolute atomic E-state index is 11.3. The third kappa shape index (κ3) is 2.68. The van der Waals surface area contributed by atoms with Gasteiger partial charge in [0.05, 0.1) is 0 Å². The van der Waals surface area contributed by atoms with E-state index >= 15 is 0 Å². The highest BCUT2D eigenvalue weighted by Gasteiger charge is 2.40. The van der Waals surface area contributed by atoms with E-state index < -0.39 is 37.5 Å². The Morgan fingerprint density at radius 3 is 1.60 bits per heavy atom. The van der Waals surface area contributed by atoms with Crippen molar-refractivity contribution in [2.24, 2.45) is 0 Å². The molecule has 1 aliphatic carbocycles. The van der Waals surface area contributed by atoms with E-state index in [1.54, 1.807) is 0 Å². The summed E-state index contributed by atoms with van der Waals surface area (Å²) in [4.78, 5) is 0. The predicted octanol–water partition coefficient (Wildman–Crippen LogP) is -0.0385. The fraction of sp³-hybridized carbons (Fsp3) is 1.00. The summed E-state index contributed by atoms with van der Waals surface area (Å²) in [5.41, 5.74) is 0. The van der Waals surface area contributed by atoms with Gasteiger partial charge in [-0.05, 0) is 12.8 Å². The second-order valence-corrected chi connectivity index (χ2v) is 7.35. The normalized spacial score (nSPS) is 38.9. The molecule has 8 heteroatoms. The van der Waals surface area contributed by atoms with Gasteiger partial charge >= 0.3 is 0 Å². The molecule has 0 amide bonds. The molecule has 0 aromatic heterocycles. The number of hydrogen-bond acceptors (Lipinski definition) is 6. The second-order valence-electron chi connectivity index (χ2n) is 3.79. The molecule has 1 aliphatic heterocycles. The molecule has 0 aromatic carbocycles. The highest BCUT2D eigenvalue weighted by molar-refractivity contribution is 8.03. The zero-order chi connectivity index (χ0) is 11.1. The standard InChI is InChI=1S/C7H12O6S2/c8-14(9)5-15(10,11)13-7-4-2-1-3-6(7)12-14/h6-7H,1-5H2. The maximum atomic E-state index is 11.3. The van der Waals surface area contributed by atoms with E-state index in [0.717, 1.165) is 12.8 Å². The Morgan fingerprint density at radius 2 is 1.20 bits per heavy atom. The second kappa shape index (κ2) is 3.69. The fourth-order valence-electron chi connectivity index (χ4n) is 1.89. The van der Waals surface area contributed by atoms with Crippen LogP contribution in [0.25, 0.3) is 0 Å². The highest BCUT2D eigenvalue weighted by Crippen LogP contribution is 2.29. The van der Waals surface area contributed by atoms with Crippen LogP contribution in [0.4, 0.5) is 0 Å². The molecule has 2 rings (SSSR count). The Bertz CT molecular complexity index is 394. The van der Waals surface area contributed by atoms with E-state index in [4.69, 9.17) is 8.37 Å². The van der Waals surface area contributed by atoms with Gasteiger partial charge in [-0.25, -0.2) is 0 Å². The lowest BCUT2D eigenvalue weighted by Gasteiger charge is -2.26. The zero-order valence-electron chi connectivity index (χ0n) is 7.96. The molecule has 6 nitrogen and oxygen atoms in total. The number of fused-ring (bicyclic) bond motifs is 1. The third-order valence-electron chi connectivity index (χ3n) is 2.47. The van der Waals surface area contributed by atoms with Crippen LogP contribution in [-0.4, -0.2) is 34.1 Å². The van der Waals surface area contributed by atoms with Crippen molar-refractivity contribution in [1.82, 2.24) is 0 Å². The molecule has 2 aliphatic rings. The summed E-state index contributed by atoms with van der Waals surface area (Å²) in [6, 6.07) is 0. The molecule has 0 N–H and O–H groups in total. The van der Waals surface area contributed by atoms with Crippen LogP contribution in [-0.2, 0) is 28.6 Å². The van der Waals surface area contributed by atoms with E-state index in [1.807, 2.05) is 0 Å². The molecule has 15 heavy (non-hydrogen) atoms. The molecule has 2 atom stereocenters. The van der Waals surface area contributed by atoms with Crippen molar-refractivity contribution >= 4 is 20.2 Å². The van der Waals surface area contributed by atoms with Crippen molar-refractivity contribution < 1.29 is 25.2 Å². The minimum absolute atomic E-state index is 0.527. The lowest BCUT2D eigenvalue weighted by molar-refractivity contribution is 0.0372. The van der Waals surface area contributed by atoms with Crippen LogP contribution < -0.4 is 0 Å². The molecule has 2 unspecified atom stereocenters. The summed E-state index contributed by atoms with van der Waals surface area (Å²) in [5, 5.41) is -1.08. The molecule has 0 radical (unpaired) electrons. The minimum atomic E-state index is -4.01. The molecule has 0 bridgehead atoms. The smallest absolute Gasteiger partial charge is 0.263 e. The summed E-state index contributed by atoms with van der Waals surface area (Å²) < 4.78 is 54.7. The van der Waals surface area contributed by atoms with Gasteiger partial charge in [0.25, 0.3) is 20.2 Å². The molecule has 1 heterocycles. The first kappa shape index (κ1) is 11.3. The van der Waals surface area contributed by atoms with Crippen molar-refractivity contribution in [3.63, 3.8) is 0 Å². The van der Waals surface area contributed by atoms with Gasteiger partial charge in [0.2, 0.25) is 5.08 Å². The molecule has 0 aromatic rings. The Hall–Kier alpha value is -0.180. The van der Waals surface area contributed by atoms with Crippen molar-refractivity contribution in [2.75, 3.05) is 5.08 Å². The first-order valence-electron chi connectivity index (χ1n) is 4.70. The molecule has 2 fully saturated rings. The quantitative estimate of drug-likeness (QED) is 0.565. The summed E-state index contributed by atoms with van der Waals surface area (Å²) in [5.74, 6) is 0. The van der Waals surface area contributed by atoms with Gasteiger partial charge < -0.3 is 0 Å². The Labute approximate surface area is 88.8 Å². The molecular weight excluding hydrogens is 244 g/mol. The van der Waals surface area contributed by atoms with E-state index in [9.17, 15) is 16.8 Å². The lowest BCUT2D eigenvalue weighted by Crippen LogP contribution is -2.34. The van der Waals surface area contributed by atoms with Gasteiger partial charge in [0.1, 0.15) is 12.2 Å². The van der Waals surface area contributed by atoms with Gasteiger partial charge in [-0.2, -0.15) is 16.8 Å². The van der Waals surface area contributed by atoms with Gasteiger partial charge in [-0.1, -0.05) is 12.8 Å². The van der Waals surface area contributed by atoms with Crippen LogP contribution in [0, 0.1) is 0 Å². The minimum Gasteiger partial charge on any atom is -0.263 e. The lowest BCUT2D eigenvalue weighted by atomic mass is 9.95. The third-order valence-corrected chi connectivity index (χ3v) is 5.86. The Kier molecular flexibility index (Phi) is 2.78. The summed E-state index contributed by atoms with van der Waals surface area (Å²) in [7, 11) is -8.02. The van der Waals surface area contributed by atoms with Crippen LogP contribution in [0.5, 0.6) is 0 Å². The van der Waals surface area contributed by atoms with Crippen molar-refractivity contribution in [1.29, 1.82) is 0 Å². The molecule has 1 saturated heterocycles. The summed E-state index contributed by atoms with van der Waals surface area (Å²) in [6.07, 6.45) is 1.45. The molecule has 88 valence electrons. The van der Waals surface area contributed by atoms with E-state index in [-0.39, 0.29) is 0 Å². The number of rotatable bonds is 0. The van der Waals surface area contributed by atoms with Crippen molar-refractivity contribution in [2.45, 2.75) is 37.9 Å². The summed E-state index contributed by atoms with van der Waals surface area (Å²) in [6.45, 7) is 0. The van der Waals surface area contributed by atoms with Crippen LogP contribution in [0.1, 0.15) is 25.7 Å². The van der Waals surface area contributed by atoms with Gasteiger partial charge in [-0.15, -0.1) is 0 Å². The van der Waals surface area contributed by atoms with Gasteiger partial charge in [-0.3, -0.25) is 8.37 Å². The van der Waals surface area contributed by atoms with Gasteiger partial charge in [0, 0.05) is 0 Å². The summed E-state index contributed by atoms with van der Waals surface area (Å²) >= 11 is 0. The van der Waals surface area contributed by atoms with E-state index in [2.05, 4.69) is 0 Å². The molecular formula is C7H12O6S2. The van der Waals surface area contributed by atoms with Crippen LogP contribution in [0.2, 0.25) is 0 Å². The topological polar surface area (TPSA) is 86.7 Å². The first-order chi connectivity index (χ1) is 6.88. The Balaban J connectivity index is 2.32. The average molecular weight is 256 g/mol. The SMILES string of the molecule is O=S1(=O)CS(=O)(=O)OC2CCCCC2O1. The molecule has 1 saturated carbocycles. The Morgan fingerprint density at radius 1 is 0.800 bits per heavy atom. The van der Waals surface area contributed by atoms with Crippen LogP contribution in [0.15, 0.2) is 0 Å². The number of hydrogen-bond donors (Lipinski definition) is 0. The van der Waals surface area contributed by atoms with Gasteiger partial charge in [0.15, 0.2) is 0 Å². The van der Waals surface area contributed by atoms with Crippen molar-refractivity contribution in [3.05, 3.63) is 0 Å². The van der Waals surface area contributed by atoms with E-state index in [1.165, 1.54) is 0 Å². The highest BCUT2D eigenvalue weighted by atomic mass is 32.3.